The summed E-state index contributed by atoms with van der Waals surface area (Å²) in [6, 6.07) is 27.6. The lowest BCUT2D eigenvalue weighted by molar-refractivity contribution is 0.0944. The number of nitrogens with zero attached hydrogens (tertiary/aromatic N) is 2. The van der Waals surface area contributed by atoms with Crippen LogP contribution >= 0.6 is 0 Å². The fraction of sp³-hybridized carbons (Fsp3) is 0.0811. The summed E-state index contributed by atoms with van der Waals surface area (Å²) in [6.45, 7) is 3.87. The number of H-pyrrole nitrogens is 2. The Hall–Kier alpha value is -5.82. The summed E-state index contributed by atoms with van der Waals surface area (Å²) in [5.41, 5.74) is 9.90. The number of carbonyl (C=O) groups is 2. The van der Waals surface area contributed by atoms with Crippen LogP contribution in [0.5, 0.6) is 0 Å². The molecule has 214 valence electrons. The molecule has 0 aliphatic carbocycles. The molecule has 7 heteroatoms. The first-order chi connectivity index (χ1) is 21.5. The summed E-state index contributed by atoms with van der Waals surface area (Å²) in [5, 5.41) is 3.06. The summed E-state index contributed by atoms with van der Waals surface area (Å²) in [7, 11) is 0. The van der Waals surface area contributed by atoms with E-state index in [1.807, 2.05) is 123 Å². The molecule has 3 aromatic heterocycles. The molecule has 0 saturated carbocycles. The van der Waals surface area contributed by atoms with Crippen molar-refractivity contribution < 1.29 is 9.59 Å². The van der Waals surface area contributed by atoms with Gasteiger partial charge in [0.2, 0.25) is 0 Å². The molecule has 7 nitrogen and oxygen atoms in total. The molecule has 0 radical (unpaired) electrons. The molecule has 2 aromatic carbocycles. The second kappa shape index (κ2) is 11.1. The Bertz CT molecular complexity index is 2120. The number of rotatable bonds is 5. The Morgan fingerprint density at radius 1 is 0.636 bits per heavy atom. The predicted octanol–water partition coefficient (Wildman–Crippen LogP) is 7.94. The molecule has 0 fully saturated rings. The summed E-state index contributed by atoms with van der Waals surface area (Å²) < 4.78 is 0. The van der Waals surface area contributed by atoms with E-state index in [9.17, 15) is 9.59 Å². The molecule has 0 unspecified atom stereocenters. The fourth-order valence-corrected chi connectivity index (χ4v) is 5.74. The van der Waals surface area contributed by atoms with E-state index in [4.69, 9.17) is 9.97 Å². The normalized spacial score (nSPS) is 12.1. The smallest absolute Gasteiger partial charge is 0.255 e. The Morgan fingerprint density at radius 2 is 1.11 bits per heavy atom. The Kier molecular flexibility index (Phi) is 6.83. The highest BCUT2D eigenvalue weighted by molar-refractivity contribution is 6.06. The zero-order valence-electron chi connectivity index (χ0n) is 24.3. The third-order valence-corrected chi connectivity index (χ3v) is 7.68. The summed E-state index contributed by atoms with van der Waals surface area (Å²) in [6.07, 6.45) is 8.44. The first-order valence-electron chi connectivity index (χ1n) is 14.5. The van der Waals surface area contributed by atoms with Crippen LogP contribution in [0, 0.1) is 0 Å². The van der Waals surface area contributed by atoms with Crippen LogP contribution in [0.4, 0.5) is 0 Å². The van der Waals surface area contributed by atoms with Crippen LogP contribution < -0.4 is 5.32 Å². The predicted molar refractivity (Wildman–Crippen MR) is 178 cm³/mol. The average molecular weight is 576 g/mol. The van der Waals surface area contributed by atoms with E-state index < -0.39 is 0 Å². The van der Waals surface area contributed by atoms with Gasteiger partial charge < -0.3 is 15.3 Å². The summed E-state index contributed by atoms with van der Waals surface area (Å²) in [5.74, 6) is -0.220. The number of carbonyl (C=O) groups excluding carboxylic acids is 2. The van der Waals surface area contributed by atoms with Gasteiger partial charge in [0.25, 0.3) is 5.91 Å². The van der Waals surface area contributed by atoms with Crippen molar-refractivity contribution in [2.45, 2.75) is 19.9 Å². The van der Waals surface area contributed by atoms with Gasteiger partial charge in [-0.2, -0.15) is 0 Å². The fourth-order valence-electron chi connectivity index (χ4n) is 5.74. The van der Waals surface area contributed by atoms with E-state index >= 15 is 0 Å². The Balaban J connectivity index is 1.67. The first-order valence-corrected chi connectivity index (χ1v) is 14.5. The molecule has 0 spiro atoms. The van der Waals surface area contributed by atoms with Gasteiger partial charge in [-0.1, -0.05) is 60.7 Å². The molecule has 0 saturated heterocycles. The largest absolute Gasteiger partial charge is 0.354 e. The highest BCUT2D eigenvalue weighted by Crippen LogP contribution is 2.34. The third kappa shape index (κ3) is 4.84. The minimum Gasteiger partial charge on any atom is -0.354 e. The van der Waals surface area contributed by atoms with E-state index in [0.717, 1.165) is 39.6 Å². The molecule has 1 amide bonds. The Labute approximate surface area is 254 Å². The van der Waals surface area contributed by atoms with Gasteiger partial charge in [0.1, 0.15) is 0 Å². The van der Waals surface area contributed by atoms with Crippen LogP contribution in [0.15, 0.2) is 84.9 Å². The van der Waals surface area contributed by atoms with Gasteiger partial charge in [-0.05, 0) is 73.5 Å². The molecule has 44 heavy (non-hydrogen) atoms. The Morgan fingerprint density at radius 3 is 1.68 bits per heavy atom. The third-order valence-electron chi connectivity index (χ3n) is 7.68. The monoisotopic (exact) mass is 575 g/mol. The number of benzene rings is 2. The van der Waals surface area contributed by atoms with Gasteiger partial charge in [0.05, 0.1) is 44.9 Å². The molecule has 5 heterocycles. The summed E-state index contributed by atoms with van der Waals surface area (Å²) >= 11 is 0. The van der Waals surface area contributed by atoms with Crippen LogP contribution in [0.1, 0.15) is 57.3 Å². The second-order valence-electron chi connectivity index (χ2n) is 11.0. The minimum atomic E-state index is -0.220. The second-order valence-corrected chi connectivity index (χ2v) is 11.0. The zero-order valence-corrected chi connectivity index (χ0v) is 24.3. The standard InChI is InChI=1S/C37H29N5O2/c1-22(2)38-37(44)36-32-19-17-30(41-32)34(23-9-5-3-6-10-23)28-15-13-26(39-28)25(21-43)27-14-16-29(40-27)35(24-11-7-4-8-12-24)31-18-20-33(36)42-31/h3-22,39,42H,1-2H3,(H,38,44). The topological polar surface area (TPSA) is 104 Å². The van der Waals surface area contributed by atoms with Crippen molar-refractivity contribution in [2.75, 3.05) is 0 Å². The maximum Gasteiger partial charge on any atom is 0.255 e. The van der Waals surface area contributed by atoms with E-state index in [1.165, 1.54) is 0 Å². The van der Waals surface area contributed by atoms with Gasteiger partial charge in [0.15, 0.2) is 6.29 Å². The number of amides is 1. The maximum absolute atomic E-state index is 13.8. The molecular formula is C37H29N5O2. The molecule has 0 atom stereocenters. The van der Waals surface area contributed by atoms with E-state index in [2.05, 4.69) is 15.3 Å². The number of aromatic amines is 2. The van der Waals surface area contributed by atoms with Gasteiger partial charge in [-0.25, -0.2) is 9.97 Å². The van der Waals surface area contributed by atoms with Crippen molar-refractivity contribution in [1.82, 2.24) is 25.3 Å². The number of hydrogen-bond acceptors (Lipinski definition) is 4. The minimum absolute atomic E-state index is 0.0651. The van der Waals surface area contributed by atoms with E-state index in [0.29, 0.717) is 44.9 Å². The van der Waals surface area contributed by atoms with Crippen molar-refractivity contribution in [2.24, 2.45) is 0 Å². The SMILES string of the molecule is CC(C)NC(=O)c1c2nc(c(-c3ccccc3)c3ccc([nH]3)c(C=O)c3nc(c(-c4ccccc4)c4ccc1[nH]4)C=C3)C=C2. The molecule has 7 rings (SSSR count). The van der Waals surface area contributed by atoms with Crippen LogP contribution in [-0.4, -0.2) is 38.2 Å². The lowest BCUT2D eigenvalue weighted by atomic mass is 10.0. The number of aldehydes is 1. The molecule has 3 N–H and O–H groups in total. The van der Waals surface area contributed by atoms with Gasteiger partial charge in [-0.3, -0.25) is 9.59 Å². The van der Waals surface area contributed by atoms with Crippen molar-refractivity contribution in [3.8, 4) is 22.3 Å². The van der Waals surface area contributed by atoms with E-state index in [-0.39, 0.29) is 11.9 Å². The molecule has 2 aliphatic rings. The number of nitrogens with one attached hydrogen (secondary N) is 3. The van der Waals surface area contributed by atoms with E-state index in [1.54, 1.807) is 0 Å². The lowest BCUT2D eigenvalue weighted by Gasteiger charge is -2.09. The number of fused-ring (bicyclic) bond motifs is 8. The molecular weight excluding hydrogens is 546 g/mol. The van der Waals surface area contributed by atoms with Crippen LogP contribution in [-0.2, 0) is 0 Å². The van der Waals surface area contributed by atoms with Crippen LogP contribution in [0.25, 0.3) is 68.6 Å². The lowest BCUT2D eigenvalue weighted by Crippen LogP contribution is -2.30. The maximum atomic E-state index is 13.8. The van der Waals surface area contributed by atoms with Crippen LogP contribution in [0.3, 0.4) is 0 Å². The number of aromatic nitrogens is 4. The molecule has 8 bridgehead atoms. The molecule has 5 aromatic rings. The van der Waals surface area contributed by atoms with Gasteiger partial charge >= 0.3 is 0 Å². The van der Waals surface area contributed by atoms with Crippen molar-refractivity contribution in [3.05, 3.63) is 119 Å². The average Bonchev–Trinajstić information content (AvgIpc) is 3.85. The van der Waals surface area contributed by atoms with Crippen LogP contribution in [0.2, 0.25) is 0 Å². The first kappa shape index (κ1) is 27.0. The molecule has 2 aliphatic heterocycles. The highest BCUT2D eigenvalue weighted by atomic mass is 16.1. The van der Waals surface area contributed by atoms with Gasteiger partial charge in [0, 0.05) is 28.2 Å². The van der Waals surface area contributed by atoms with Crippen molar-refractivity contribution in [1.29, 1.82) is 0 Å². The zero-order chi connectivity index (χ0) is 30.2. The van der Waals surface area contributed by atoms with Crippen molar-refractivity contribution in [3.63, 3.8) is 0 Å². The summed E-state index contributed by atoms with van der Waals surface area (Å²) in [4.78, 5) is 43.2. The number of hydrogen-bond donors (Lipinski definition) is 3. The van der Waals surface area contributed by atoms with Gasteiger partial charge in [-0.15, -0.1) is 0 Å². The van der Waals surface area contributed by atoms with Crippen molar-refractivity contribution >= 4 is 58.6 Å². The highest BCUT2D eigenvalue weighted by Gasteiger charge is 2.20. The quantitative estimate of drug-likeness (QED) is 0.181.